The number of carbonyl (C=O) groups excluding carboxylic acids is 4. The molecule has 0 unspecified atom stereocenters. The zero-order valence-corrected chi connectivity index (χ0v) is 19.9. The van der Waals surface area contributed by atoms with Crippen molar-refractivity contribution < 1.29 is 19.2 Å². The van der Waals surface area contributed by atoms with Crippen molar-refractivity contribution in [3.05, 3.63) is 47.8 Å². The summed E-state index contributed by atoms with van der Waals surface area (Å²) in [6.45, 7) is 8.62. The van der Waals surface area contributed by atoms with E-state index in [1.54, 1.807) is 61.8 Å². The minimum absolute atomic E-state index is 0.174. The second kappa shape index (κ2) is 10.9. The van der Waals surface area contributed by atoms with Crippen molar-refractivity contribution in [2.24, 2.45) is 11.8 Å². The number of carbonyl (C=O) groups is 4. The van der Waals surface area contributed by atoms with Crippen LogP contribution >= 0.6 is 0 Å². The molecule has 2 N–H and O–H groups in total. The van der Waals surface area contributed by atoms with Gasteiger partial charge >= 0.3 is 0 Å². The number of nitrogens with one attached hydrogen (secondary N) is 2. The van der Waals surface area contributed by atoms with Gasteiger partial charge in [0.1, 0.15) is 11.6 Å². The van der Waals surface area contributed by atoms with E-state index in [1.807, 2.05) is 0 Å². The van der Waals surface area contributed by atoms with Crippen LogP contribution in [0.1, 0.15) is 48.4 Å². The number of anilines is 2. The summed E-state index contributed by atoms with van der Waals surface area (Å²) in [6, 6.07) is 6.33. The van der Waals surface area contributed by atoms with Crippen molar-refractivity contribution in [3.63, 3.8) is 0 Å². The Morgan fingerprint density at radius 3 is 1.38 bits per heavy atom. The predicted octanol–water partition coefficient (Wildman–Crippen LogP) is 2.26. The largest absolute Gasteiger partial charge is 0.335 e. The summed E-state index contributed by atoms with van der Waals surface area (Å²) >= 11 is 0. The van der Waals surface area contributed by atoms with E-state index < -0.39 is 0 Å². The Labute approximate surface area is 198 Å². The minimum atomic E-state index is -0.199. The molecule has 3 rings (SSSR count). The summed E-state index contributed by atoms with van der Waals surface area (Å²) in [6.07, 6.45) is 2.98. The molecule has 0 radical (unpaired) electrons. The van der Waals surface area contributed by atoms with Gasteiger partial charge in [0.2, 0.25) is 11.8 Å². The molecule has 0 atom stereocenters. The van der Waals surface area contributed by atoms with Gasteiger partial charge in [-0.25, -0.2) is 9.97 Å². The molecule has 10 heteroatoms. The van der Waals surface area contributed by atoms with Crippen LogP contribution in [0.2, 0.25) is 0 Å². The lowest BCUT2D eigenvalue weighted by Crippen LogP contribution is -2.50. The van der Waals surface area contributed by atoms with Crippen LogP contribution in [0.3, 0.4) is 0 Å². The van der Waals surface area contributed by atoms with Gasteiger partial charge in [-0.2, -0.15) is 0 Å². The number of piperazine rings is 1. The van der Waals surface area contributed by atoms with E-state index >= 15 is 0 Å². The summed E-state index contributed by atoms with van der Waals surface area (Å²) in [4.78, 5) is 61.3. The Bertz CT molecular complexity index is 991. The second-order valence-corrected chi connectivity index (χ2v) is 8.73. The molecular formula is C24H30N6O4. The highest BCUT2D eigenvalue weighted by atomic mass is 16.2. The maximum absolute atomic E-state index is 13.0. The van der Waals surface area contributed by atoms with Gasteiger partial charge in [-0.3, -0.25) is 19.2 Å². The second-order valence-electron chi connectivity index (χ2n) is 8.73. The predicted molar refractivity (Wildman–Crippen MR) is 127 cm³/mol. The third-order valence-electron chi connectivity index (χ3n) is 5.42. The van der Waals surface area contributed by atoms with Crippen LogP contribution in [0.5, 0.6) is 0 Å². The first-order valence-corrected chi connectivity index (χ1v) is 11.3. The zero-order chi connectivity index (χ0) is 24.8. The van der Waals surface area contributed by atoms with E-state index in [4.69, 9.17) is 0 Å². The highest BCUT2D eigenvalue weighted by Crippen LogP contribution is 2.16. The van der Waals surface area contributed by atoms with Crippen molar-refractivity contribution in [1.29, 1.82) is 0 Å². The highest BCUT2D eigenvalue weighted by Gasteiger charge is 2.26. The number of amides is 4. The summed E-state index contributed by atoms with van der Waals surface area (Å²) in [7, 11) is 0. The normalized spacial score (nSPS) is 13.7. The van der Waals surface area contributed by atoms with Gasteiger partial charge in [-0.1, -0.05) is 27.7 Å². The quantitative estimate of drug-likeness (QED) is 0.673. The van der Waals surface area contributed by atoms with Crippen molar-refractivity contribution in [2.45, 2.75) is 27.7 Å². The molecule has 0 aliphatic carbocycles. The third-order valence-corrected chi connectivity index (χ3v) is 5.42. The van der Waals surface area contributed by atoms with Gasteiger partial charge in [-0.05, 0) is 24.3 Å². The van der Waals surface area contributed by atoms with E-state index in [1.165, 1.54) is 12.4 Å². The summed E-state index contributed by atoms with van der Waals surface area (Å²) in [5.41, 5.74) is 0.849. The van der Waals surface area contributed by atoms with E-state index in [2.05, 4.69) is 20.6 Å². The van der Waals surface area contributed by atoms with Gasteiger partial charge in [-0.15, -0.1) is 0 Å². The lowest BCUT2D eigenvalue weighted by molar-refractivity contribution is -0.119. The highest BCUT2D eigenvalue weighted by molar-refractivity contribution is 5.98. The average molecular weight is 467 g/mol. The molecular weight excluding hydrogens is 436 g/mol. The van der Waals surface area contributed by atoms with Gasteiger partial charge in [0, 0.05) is 61.5 Å². The topological polar surface area (TPSA) is 125 Å². The van der Waals surface area contributed by atoms with Crippen molar-refractivity contribution in [2.75, 3.05) is 36.8 Å². The number of aromatic nitrogens is 2. The van der Waals surface area contributed by atoms with Crippen molar-refractivity contribution in [1.82, 2.24) is 19.8 Å². The van der Waals surface area contributed by atoms with Gasteiger partial charge < -0.3 is 20.4 Å². The summed E-state index contributed by atoms with van der Waals surface area (Å²) < 4.78 is 0. The molecule has 1 fully saturated rings. The van der Waals surface area contributed by atoms with Crippen molar-refractivity contribution >= 4 is 35.3 Å². The van der Waals surface area contributed by atoms with Gasteiger partial charge in [0.05, 0.1) is 0 Å². The minimum Gasteiger partial charge on any atom is -0.335 e. The zero-order valence-electron chi connectivity index (χ0n) is 19.9. The first-order valence-electron chi connectivity index (χ1n) is 11.3. The van der Waals surface area contributed by atoms with Crippen LogP contribution < -0.4 is 10.6 Å². The smallest absolute Gasteiger partial charge is 0.254 e. The molecule has 2 aromatic rings. The van der Waals surface area contributed by atoms with Crippen LogP contribution in [0, 0.1) is 11.8 Å². The Balaban J connectivity index is 1.60. The van der Waals surface area contributed by atoms with Crippen LogP contribution in [-0.4, -0.2) is 69.6 Å². The number of rotatable bonds is 6. The van der Waals surface area contributed by atoms with E-state index in [0.717, 1.165) is 0 Å². The molecule has 0 bridgehead atoms. The fraction of sp³-hybridized carbons (Fsp3) is 0.417. The third kappa shape index (κ3) is 6.15. The number of nitrogens with zero attached hydrogens (tertiary/aromatic N) is 4. The fourth-order valence-corrected chi connectivity index (χ4v) is 3.28. The maximum atomic E-state index is 13.0. The van der Waals surface area contributed by atoms with E-state index in [9.17, 15) is 19.2 Å². The molecule has 1 aliphatic rings. The Hall–Kier alpha value is -3.82. The first-order chi connectivity index (χ1) is 16.2. The fourth-order valence-electron chi connectivity index (χ4n) is 3.28. The standard InChI is InChI=1S/C24H30N6O4/c1-15(2)21(31)27-19-13-17(5-7-25-19)23(33)29-9-11-30(12-10-29)24(34)18-6-8-26-20(14-18)28-22(32)16(3)4/h5-8,13-16H,9-12H2,1-4H3,(H,25,27,31)(H,26,28,32). The average Bonchev–Trinajstić information content (AvgIpc) is 2.83. The Kier molecular flexibility index (Phi) is 7.93. The van der Waals surface area contributed by atoms with Crippen molar-refractivity contribution in [3.8, 4) is 0 Å². The molecule has 2 aromatic heterocycles. The molecule has 4 amide bonds. The molecule has 10 nitrogen and oxygen atoms in total. The van der Waals surface area contributed by atoms with E-state index in [0.29, 0.717) is 48.9 Å². The Morgan fingerprint density at radius 1 is 0.706 bits per heavy atom. The SMILES string of the molecule is CC(C)C(=O)Nc1cc(C(=O)N2CCN(C(=O)c3ccnc(NC(=O)C(C)C)c3)CC2)ccn1. The first kappa shape index (κ1) is 24.8. The number of hydrogen-bond donors (Lipinski definition) is 2. The van der Waals surface area contributed by atoms with Gasteiger partial charge in [0.15, 0.2) is 0 Å². The molecule has 34 heavy (non-hydrogen) atoms. The Morgan fingerprint density at radius 2 is 1.06 bits per heavy atom. The molecule has 0 aromatic carbocycles. The molecule has 1 aliphatic heterocycles. The summed E-state index contributed by atoms with van der Waals surface area (Å²) in [5.74, 6) is -0.453. The van der Waals surface area contributed by atoms with E-state index in [-0.39, 0.29) is 35.5 Å². The molecule has 180 valence electrons. The van der Waals surface area contributed by atoms with Crippen LogP contribution in [0.4, 0.5) is 11.6 Å². The molecule has 1 saturated heterocycles. The molecule has 3 heterocycles. The number of pyridine rings is 2. The number of hydrogen-bond acceptors (Lipinski definition) is 6. The van der Waals surface area contributed by atoms with Gasteiger partial charge in [0.25, 0.3) is 11.8 Å². The lowest BCUT2D eigenvalue weighted by atomic mass is 10.1. The van der Waals surface area contributed by atoms with Crippen LogP contribution in [0.25, 0.3) is 0 Å². The lowest BCUT2D eigenvalue weighted by Gasteiger charge is -2.35. The van der Waals surface area contributed by atoms with Crippen LogP contribution in [-0.2, 0) is 9.59 Å². The molecule has 0 spiro atoms. The maximum Gasteiger partial charge on any atom is 0.254 e. The summed E-state index contributed by atoms with van der Waals surface area (Å²) in [5, 5.41) is 5.39. The van der Waals surface area contributed by atoms with Crippen LogP contribution in [0.15, 0.2) is 36.7 Å². The monoisotopic (exact) mass is 466 g/mol. The molecule has 0 saturated carbocycles.